The van der Waals surface area contributed by atoms with Crippen molar-refractivity contribution in [3.05, 3.63) is 35.4 Å². The summed E-state index contributed by atoms with van der Waals surface area (Å²) in [6.07, 6.45) is 3.82. The van der Waals surface area contributed by atoms with Crippen molar-refractivity contribution in [1.82, 2.24) is 4.90 Å². The molecule has 21 heavy (non-hydrogen) atoms. The molecule has 4 nitrogen and oxygen atoms in total. The Bertz CT molecular complexity index is 554. The van der Waals surface area contributed by atoms with Crippen LogP contribution in [0, 0.1) is 0 Å². The van der Waals surface area contributed by atoms with Gasteiger partial charge in [-0.2, -0.15) is 0 Å². The summed E-state index contributed by atoms with van der Waals surface area (Å²) in [5.41, 5.74) is 1.82. The van der Waals surface area contributed by atoms with Crippen LogP contribution in [0.25, 0.3) is 0 Å². The largest absolute Gasteiger partial charge is 0.479 e. The molecule has 1 aromatic carbocycles. The molecular weight excluding hydrogens is 286 g/mol. The molecule has 1 aromatic rings. The van der Waals surface area contributed by atoms with E-state index in [1.807, 2.05) is 24.3 Å². The number of fused-ring (bicyclic) bond motifs is 1. The van der Waals surface area contributed by atoms with Crippen LogP contribution in [0.4, 0.5) is 0 Å². The summed E-state index contributed by atoms with van der Waals surface area (Å²) in [5, 5.41) is 9.54. The number of benzene rings is 1. The Morgan fingerprint density at radius 1 is 1.24 bits per heavy atom. The lowest BCUT2D eigenvalue weighted by Gasteiger charge is -2.37. The highest BCUT2D eigenvalue weighted by molar-refractivity contribution is 8.00. The zero-order valence-corrected chi connectivity index (χ0v) is 12.6. The van der Waals surface area contributed by atoms with E-state index in [-0.39, 0.29) is 11.2 Å². The van der Waals surface area contributed by atoms with E-state index in [9.17, 15) is 14.7 Å². The first-order valence-corrected chi connectivity index (χ1v) is 8.46. The number of amides is 1. The molecule has 2 unspecified atom stereocenters. The van der Waals surface area contributed by atoms with Crippen molar-refractivity contribution in [3.8, 4) is 0 Å². The third-order valence-corrected chi connectivity index (χ3v) is 5.62. The molecule has 0 saturated carbocycles. The van der Waals surface area contributed by atoms with Crippen LogP contribution < -0.4 is 0 Å². The molecule has 5 heteroatoms. The fourth-order valence-corrected chi connectivity index (χ4v) is 4.46. The van der Waals surface area contributed by atoms with E-state index in [0.717, 1.165) is 42.6 Å². The van der Waals surface area contributed by atoms with Gasteiger partial charge in [0.1, 0.15) is 0 Å². The third kappa shape index (κ3) is 2.79. The van der Waals surface area contributed by atoms with Gasteiger partial charge in [0.15, 0.2) is 6.04 Å². The summed E-state index contributed by atoms with van der Waals surface area (Å²) in [4.78, 5) is 26.0. The lowest BCUT2D eigenvalue weighted by molar-refractivity contribution is -0.151. The van der Waals surface area contributed by atoms with E-state index in [4.69, 9.17) is 0 Å². The fourth-order valence-electron chi connectivity index (χ4n) is 3.19. The molecular formula is C16H19NO3S. The first-order chi connectivity index (χ1) is 10.2. The molecule has 1 fully saturated rings. The predicted molar refractivity (Wildman–Crippen MR) is 82.3 cm³/mol. The molecule has 0 radical (unpaired) electrons. The monoisotopic (exact) mass is 305 g/mol. The average Bonchev–Trinajstić information content (AvgIpc) is 2.53. The van der Waals surface area contributed by atoms with E-state index in [0.29, 0.717) is 6.54 Å². The zero-order chi connectivity index (χ0) is 14.8. The summed E-state index contributed by atoms with van der Waals surface area (Å²) in [7, 11) is 0. The average molecular weight is 305 g/mol. The van der Waals surface area contributed by atoms with Gasteiger partial charge in [0.05, 0.1) is 5.25 Å². The van der Waals surface area contributed by atoms with E-state index >= 15 is 0 Å². The molecule has 112 valence electrons. The summed E-state index contributed by atoms with van der Waals surface area (Å²) < 4.78 is 0. The van der Waals surface area contributed by atoms with Crippen LogP contribution in [0.1, 0.15) is 36.4 Å². The van der Waals surface area contributed by atoms with Gasteiger partial charge in [0.25, 0.3) is 0 Å². The molecule has 0 spiro atoms. The van der Waals surface area contributed by atoms with E-state index in [2.05, 4.69) is 0 Å². The Hall–Kier alpha value is -1.49. The van der Waals surface area contributed by atoms with Crippen LogP contribution >= 0.6 is 11.8 Å². The third-order valence-electron chi connectivity index (χ3n) is 4.26. The maximum absolute atomic E-state index is 12.7. The van der Waals surface area contributed by atoms with Gasteiger partial charge < -0.3 is 10.0 Å². The van der Waals surface area contributed by atoms with Crippen LogP contribution in [0.5, 0.6) is 0 Å². The Morgan fingerprint density at radius 2 is 2.05 bits per heavy atom. The second-order valence-corrected chi connectivity index (χ2v) is 6.89. The van der Waals surface area contributed by atoms with E-state index < -0.39 is 12.0 Å². The van der Waals surface area contributed by atoms with Crippen LogP contribution in [-0.4, -0.2) is 39.4 Å². The molecule has 1 amide bonds. The van der Waals surface area contributed by atoms with Gasteiger partial charge in [-0.1, -0.05) is 30.7 Å². The molecule has 2 aliphatic heterocycles. The smallest absolute Gasteiger partial charge is 0.331 e. The molecule has 2 heterocycles. The van der Waals surface area contributed by atoms with Crippen LogP contribution in [0.15, 0.2) is 24.3 Å². The van der Waals surface area contributed by atoms with Crippen molar-refractivity contribution in [3.63, 3.8) is 0 Å². The van der Waals surface area contributed by atoms with Gasteiger partial charge in [0.2, 0.25) is 5.91 Å². The number of thioether (sulfide) groups is 1. The Kier molecular flexibility index (Phi) is 4.19. The van der Waals surface area contributed by atoms with Crippen molar-refractivity contribution >= 4 is 23.6 Å². The first-order valence-electron chi connectivity index (χ1n) is 7.41. The number of rotatable bonds is 2. The van der Waals surface area contributed by atoms with Gasteiger partial charge in [-0.05, 0) is 36.1 Å². The minimum absolute atomic E-state index is 0.00148. The van der Waals surface area contributed by atoms with Gasteiger partial charge in [-0.3, -0.25) is 4.79 Å². The summed E-state index contributed by atoms with van der Waals surface area (Å²) in [6, 6.07) is 6.74. The number of aliphatic carboxylic acids is 1. The number of carboxylic acid groups (broad SMARTS) is 1. The molecule has 2 aliphatic rings. The van der Waals surface area contributed by atoms with Gasteiger partial charge in [-0.25, -0.2) is 4.79 Å². The summed E-state index contributed by atoms with van der Waals surface area (Å²) >= 11 is 1.68. The molecule has 2 atom stereocenters. The highest BCUT2D eigenvalue weighted by atomic mass is 32.2. The normalized spacial score (nSPS) is 25.2. The summed E-state index contributed by atoms with van der Waals surface area (Å²) in [6.45, 7) is 0.504. The second-order valence-electron chi connectivity index (χ2n) is 5.58. The van der Waals surface area contributed by atoms with Crippen molar-refractivity contribution in [1.29, 1.82) is 0 Å². The SMILES string of the molecule is O=C(O)C1c2ccccc2CCN1C(=O)C1CCCCS1. The highest BCUT2D eigenvalue weighted by Crippen LogP contribution is 2.34. The van der Waals surface area contributed by atoms with Gasteiger partial charge in [-0.15, -0.1) is 11.8 Å². The Labute approximate surface area is 128 Å². The van der Waals surface area contributed by atoms with Crippen LogP contribution in [-0.2, 0) is 16.0 Å². The number of carbonyl (C=O) groups excluding carboxylic acids is 1. The topological polar surface area (TPSA) is 57.6 Å². The fraction of sp³-hybridized carbons (Fsp3) is 0.500. The van der Waals surface area contributed by atoms with E-state index in [1.165, 1.54) is 0 Å². The number of carboxylic acids is 1. The molecule has 0 aromatic heterocycles. The number of hydrogen-bond donors (Lipinski definition) is 1. The minimum atomic E-state index is -0.934. The maximum Gasteiger partial charge on any atom is 0.331 e. The van der Waals surface area contributed by atoms with Gasteiger partial charge >= 0.3 is 5.97 Å². The van der Waals surface area contributed by atoms with Crippen LogP contribution in [0.3, 0.4) is 0 Å². The lowest BCUT2D eigenvalue weighted by atomic mass is 9.92. The lowest BCUT2D eigenvalue weighted by Crippen LogP contribution is -2.47. The Balaban J connectivity index is 1.88. The zero-order valence-electron chi connectivity index (χ0n) is 11.8. The van der Waals surface area contributed by atoms with Crippen molar-refractivity contribution in [2.75, 3.05) is 12.3 Å². The van der Waals surface area contributed by atoms with Crippen molar-refractivity contribution in [2.45, 2.75) is 37.0 Å². The van der Waals surface area contributed by atoms with Crippen LogP contribution in [0.2, 0.25) is 0 Å². The minimum Gasteiger partial charge on any atom is -0.479 e. The number of carbonyl (C=O) groups is 2. The quantitative estimate of drug-likeness (QED) is 0.912. The molecule has 0 aliphatic carbocycles. The second kappa shape index (κ2) is 6.10. The van der Waals surface area contributed by atoms with E-state index in [1.54, 1.807) is 16.7 Å². The highest BCUT2D eigenvalue weighted by Gasteiger charge is 2.38. The summed E-state index contributed by atoms with van der Waals surface area (Å²) in [5.74, 6) is 0.0661. The predicted octanol–water partition coefficient (Wildman–Crippen LogP) is 2.48. The van der Waals surface area contributed by atoms with Crippen molar-refractivity contribution < 1.29 is 14.7 Å². The molecule has 1 N–H and O–H groups in total. The van der Waals surface area contributed by atoms with Crippen molar-refractivity contribution in [2.24, 2.45) is 0 Å². The molecule has 0 bridgehead atoms. The molecule has 3 rings (SSSR count). The molecule has 1 saturated heterocycles. The number of nitrogens with zero attached hydrogens (tertiary/aromatic N) is 1. The van der Waals surface area contributed by atoms with Gasteiger partial charge in [0, 0.05) is 6.54 Å². The maximum atomic E-state index is 12.7. The number of hydrogen-bond acceptors (Lipinski definition) is 3. The first kappa shape index (κ1) is 14.4. The standard InChI is InChI=1S/C16H19NO3S/c18-15(13-7-3-4-10-21-13)17-9-8-11-5-1-2-6-12(11)14(17)16(19)20/h1-2,5-6,13-14H,3-4,7-10H2,(H,19,20). The Morgan fingerprint density at radius 3 is 2.76 bits per heavy atom.